The van der Waals surface area contributed by atoms with E-state index in [-0.39, 0.29) is 11.2 Å². The Hall–Kier alpha value is -3.06. The Bertz CT molecular complexity index is 1010. The number of hydrogen-bond acceptors (Lipinski definition) is 6. The zero-order valence-corrected chi connectivity index (χ0v) is 18.6. The van der Waals surface area contributed by atoms with Gasteiger partial charge in [0.25, 0.3) is 0 Å². The van der Waals surface area contributed by atoms with E-state index in [0.29, 0.717) is 13.1 Å². The molecule has 1 amide bonds. The molecule has 2 aromatic carbocycles. The minimum atomic E-state index is -0.135. The van der Waals surface area contributed by atoms with Crippen LogP contribution in [0.5, 0.6) is 5.75 Å². The van der Waals surface area contributed by atoms with Crippen LogP contribution in [-0.2, 0) is 4.79 Å². The smallest absolute Gasteiger partial charge is 0.235 e. The third kappa shape index (κ3) is 5.17. The zero-order chi connectivity index (χ0) is 21.6. The standard InChI is InChI=1S/C24H26N4O2S/c1-18(31-21-10-8-20(30-2)9-11-21)24(29)28-16-14-27(15-17-28)22-12-13-25-23(26-22)19-6-4-3-5-7-19/h3-13,18H,14-17H2,1-2H3. The van der Waals surface area contributed by atoms with Gasteiger partial charge < -0.3 is 14.5 Å². The second-order valence-electron chi connectivity index (χ2n) is 7.35. The quantitative estimate of drug-likeness (QED) is 0.547. The molecule has 1 aliphatic heterocycles. The van der Waals surface area contributed by atoms with Crippen molar-refractivity contribution in [2.75, 3.05) is 38.2 Å². The molecule has 31 heavy (non-hydrogen) atoms. The molecule has 0 spiro atoms. The molecule has 7 heteroatoms. The van der Waals surface area contributed by atoms with Crippen molar-refractivity contribution in [2.45, 2.75) is 17.1 Å². The van der Waals surface area contributed by atoms with Crippen LogP contribution >= 0.6 is 11.8 Å². The molecular weight excluding hydrogens is 408 g/mol. The fourth-order valence-corrected chi connectivity index (χ4v) is 4.52. The maximum absolute atomic E-state index is 12.9. The number of amides is 1. The Labute approximate surface area is 187 Å². The molecule has 1 unspecified atom stereocenters. The lowest BCUT2D eigenvalue weighted by atomic mass is 10.2. The van der Waals surface area contributed by atoms with Crippen molar-refractivity contribution in [1.82, 2.24) is 14.9 Å². The molecule has 2 heterocycles. The number of methoxy groups -OCH3 is 1. The van der Waals surface area contributed by atoms with Gasteiger partial charge in [0.15, 0.2) is 5.82 Å². The minimum Gasteiger partial charge on any atom is -0.497 e. The molecule has 0 radical (unpaired) electrons. The summed E-state index contributed by atoms with van der Waals surface area (Å²) in [7, 11) is 1.65. The topological polar surface area (TPSA) is 58.6 Å². The predicted molar refractivity (Wildman–Crippen MR) is 125 cm³/mol. The maximum Gasteiger partial charge on any atom is 0.235 e. The molecule has 1 aromatic heterocycles. The highest BCUT2D eigenvalue weighted by molar-refractivity contribution is 8.00. The number of anilines is 1. The van der Waals surface area contributed by atoms with Crippen LogP contribution in [0, 0.1) is 0 Å². The zero-order valence-electron chi connectivity index (χ0n) is 17.8. The summed E-state index contributed by atoms with van der Waals surface area (Å²) in [6.07, 6.45) is 1.80. The Kier molecular flexibility index (Phi) is 6.72. The van der Waals surface area contributed by atoms with Gasteiger partial charge >= 0.3 is 0 Å². The first kappa shape index (κ1) is 21.2. The number of piperazine rings is 1. The lowest BCUT2D eigenvalue weighted by Crippen LogP contribution is -2.50. The monoisotopic (exact) mass is 434 g/mol. The van der Waals surface area contributed by atoms with E-state index in [1.54, 1.807) is 25.1 Å². The molecule has 6 nitrogen and oxygen atoms in total. The number of thioether (sulfide) groups is 1. The fourth-order valence-electron chi connectivity index (χ4n) is 3.57. The van der Waals surface area contributed by atoms with E-state index in [9.17, 15) is 4.79 Å². The van der Waals surface area contributed by atoms with Gasteiger partial charge in [-0.05, 0) is 37.3 Å². The molecule has 1 aliphatic rings. The van der Waals surface area contributed by atoms with Gasteiger partial charge in [-0.15, -0.1) is 11.8 Å². The number of rotatable bonds is 6. The van der Waals surface area contributed by atoms with Crippen molar-refractivity contribution >= 4 is 23.5 Å². The molecule has 0 bridgehead atoms. The molecule has 1 saturated heterocycles. The summed E-state index contributed by atoms with van der Waals surface area (Å²) in [6, 6.07) is 19.7. The maximum atomic E-state index is 12.9. The highest BCUT2D eigenvalue weighted by Crippen LogP contribution is 2.27. The molecule has 0 N–H and O–H groups in total. The van der Waals surface area contributed by atoms with Crippen molar-refractivity contribution in [3.05, 3.63) is 66.9 Å². The number of carbonyl (C=O) groups is 1. The van der Waals surface area contributed by atoms with Crippen LogP contribution in [0.3, 0.4) is 0 Å². The van der Waals surface area contributed by atoms with Crippen LogP contribution in [0.25, 0.3) is 11.4 Å². The van der Waals surface area contributed by atoms with Gasteiger partial charge in [0, 0.05) is 42.8 Å². The summed E-state index contributed by atoms with van der Waals surface area (Å²) in [5, 5.41) is -0.135. The average Bonchev–Trinajstić information content (AvgIpc) is 2.85. The molecule has 160 valence electrons. The van der Waals surface area contributed by atoms with Crippen molar-refractivity contribution in [3.63, 3.8) is 0 Å². The van der Waals surface area contributed by atoms with Gasteiger partial charge in [-0.3, -0.25) is 4.79 Å². The lowest BCUT2D eigenvalue weighted by Gasteiger charge is -2.36. The fraction of sp³-hybridized carbons (Fsp3) is 0.292. The van der Waals surface area contributed by atoms with Crippen molar-refractivity contribution < 1.29 is 9.53 Å². The average molecular weight is 435 g/mol. The van der Waals surface area contributed by atoms with Crippen LogP contribution < -0.4 is 9.64 Å². The Morgan fingerprint density at radius 2 is 1.71 bits per heavy atom. The SMILES string of the molecule is COc1ccc(SC(C)C(=O)N2CCN(c3ccnc(-c4ccccc4)n3)CC2)cc1. The number of nitrogens with zero attached hydrogens (tertiary/aromatic N) is 4. The Morgan fingerprint density at radius 3 is 2.39 bits per heavy atom. The molecule has 0 saturated carbocycles. The summed E-state index contributed by atoms with van der Waals surface area (Å²) in [5.41, 5.74) is 1.00. The lowest BCUT2D eigenvalue weighted by molar-refractivity contribution is -0.130. The minimum absolute atomic E-state index is 0.135. The first-order valence-corrected chi connectivity index (χ1v) is 11.2. The van der Waals surface area contributed by atoms with E-state index in [2.05, 4.69) is 9.88 Å². The molecule has 1 atom stereocenters. The number of hydrogen-bond donors (Lipinski definition) is 0. The highest BCUT2D eigenvalue weighted by atomic mass is 32.2. The van der Waals surface area contributed by atoms with E-state index in [4.69, 9.17) is 9.72 Å². The van der Waals surface area contributed by atoms with E-state index in [0.717, 1.165) is 40.9 Å². The molecule has 0 aliphatic carbocycles. The number of carbonyl (C=O) groups excluding carboxylic acids is 1. The summed E-state index contributed by atoms with van der Waals surface area (Å²) < 4.78 is 5.20. The van der Waals surface area contributed by atoms with Gasteiger partial charge in [0.1, 0.15) is 11.6 Å². The van der Waals surface area contributed by atoms with Gasteiger partial charge in [-0.2, -0.15) is 0 Å². The number of ether oxygens (including phenoxy) is 1. The molecule has 4 rings (SSSR count). The summed E-state index contributed by atoms with van der Waals surface area (Å²) in [4.78, 5) is 27.3. The van der Waals surface area contributed by atoms with Crippen LogP contribution in [0.2, 0.25) is 0 Å². The third-order valence-corrected chi connectivity index (χ3v) is 6.41. The van der Waals surface area contributed by atoms with Gasteiger partial charge in [-0.1, -0.05) is 30.3 Å². The summed E-state index contributed by atoms with van der Waals surface area (Å²) in [6.45, 7) is 4.88. The normalized spacial score (nSPS) is 14.9. The van der Waals surface area contributed by atoms with E-state index in [1.165, 1.54) is 0 Å². The molecular formula is C24H26N4O2S. The van der Waals surface area contributed by atoms with Gasteiger partial charge in [0.2, 0.25) is 5.91 Å². The van der Waals surface area contributed by atoms with E-state index < -0.39 is 0 Å². The molecule has 1 fully saturated rings. The van der Waals surface area contributed by atoms with Crippen LogP contribution in [0.1, 0.15) is 6.92 Å². The van der Waals surface area contributed by atoms with Crippen molar-refractivity contribution in [2.24, 2.45) is 0 Å². The van der Waals surface area contributed by atoms with Crippen LogP contribution in [0.15, 0.2) is 71.8 Å². The second kappa shape index (κ2) is 9.83. The van der Waals surface area contributed by atoms with E-state index in [1.807, 2.05) is 72.5 Å². The Balaban J connectivity index is 1.34. The van der Waals surface area contributed by atoms with Crippen molar-refractivity contribution in [1.29, 1.82) is 0 Å². The highest BCUT2D eigenvalue weighted by Gasteiger charge is 2.26. The first-order valence-electron chi connectivity index (χ1n) is 10.4. The van der Waals surface area contributed by atoms with E-state index >= 15 is 0 Å². The number of benzene rings is 2. The summed E-state index contributed by atoms with van der Waals surface area (Å²) >= 11 is 1.58. The van der Waals surface area contributed by atoms with Gasteiger partial charge in [-0.25, -0.2) is 9.97 Å². The Morgan fingerprint density at radius 1 is 1.00 bits per heavy atom. The summed E-state index contributed by atoms with van der Waals surface area (Å²) in [5.74, 6) is 2.62. The first-order chi connectivity index (χ1) is 15.1. The van der Waals surface area contributed by atoms with Crippen LogP contribution in [-0.4, -0.2) is 59.3 Å². The number of aromatic nitrogens is 2. The second-order valence-corrected chi connectivity index (χ2v) is 8.77. The van der Waals surface area contributed by atoms with Crippen molar-refractivity contribution in [3.8, 4) is 17.1 Å². The molecule has 3 aromatic rings. The third-order valence-electron chi connectivity index (χ3n) is 5.31. The predicted octanol–water partition coefficient (Wildman–Crippen LogP) is 3.98. The largest absolute Gasteiger partial charge is 0.497 e. The van der Waals surface area contributed by atoms with Gasteiger partial charge in [0.05, 0.1) is 12.4 Å². The van der Waals surface area contributed by atoms with Crippen LogP contribution in [0.4, 0.5) is 5.82 Å².